The number of ether oxygens (including phenoxy) is 1. The molecule has 0 bridgehead atoms. The number of nitrogens with zero attached hydrogens (tertiary/aromatic N) is 2. The minimum atomic E-state index is 0.350. The minimum Gasteiger partial charge on any atom is -0.473 e. The molecule has 14 heavy (non-hydrogen) atoms. The fraction of sp³-hybridized carbons (Fsp3) is 0.636. The van der Waals surface area contributed by atoms with Crippen molar-refractivity contribution in [2.24, 2.45) is 5.92 Å². The summed E-state index contributed by atoms with van der Waals surface area (Å²) >= 11 is 0. The average molecular weight is 192 g/mol. The second-order valence-corrected chi connectivity index (χ2v) is 4.04. The van der Waals surface area contributed by atoms with Crippen molar-refractivity contribution in [2.75, 3.05) is 0 Å². The molecule has 0 saturated heterocycles. The molecular formula is C11H16N2O. The second kappa shape index (κ2) is 4.40. The topological polar surface area (TPSA) is 35.0 Å². The fourth-order valence-corrected chi connectivity index (χ4v) is 1.86. The van der Waals surface area contributed by atoms with Crippen LogP contribution in [0.15, 0.2) is 18.6 Å². The van der Waals surface area contributed by atoms with Gasteiger partial charge >= 0.3 is 0 Å². The van der Waals surface area contributed by atoms with Gasteiger partial charge in [-0.15, -0.1) is 0 Å². The van der Waals surface area contributed by atoms with Crippen molar-refractivity contribution < 1.29 is 4.74 Å². The molecule has 3 nitrogen and oxygen atoms in total. The molecule has 0 atom stereocenters. The van der Waals surface area contributed by atoms with Crippen LogP contribution >= 0.6 is 0 Å². The quantitative estimate of drug-likeness (QED) is 0.721. The molecule has 1 aromatic rings. The van der Waals surface area contributed by atoms with E-state index in [0.717, 1.165) is 18.8 Å². The first-order valence-electron chi connectivity index (χ1n) is 5.27. The van der Waals surface area contributed by atoms with Gasteiger partial charge in [0.2, 0.25) is 5.88 Å². The third-order valence-corrected chi connectivity index (χ3v) is 2.79. The van der Waals surface area contributed by atoms with Crippen LogP contribution in [0.3, 0.4) is 0 Å². The molecule has 0 spiro atoms. The molecule has 0 amide bonds. The monoisotopic (exact) mass is 192 g/mol. The SMILES string of the molecule is CC1CCC(Oc2cnccn2)CC1. The van der Waals surface area contributed by atoms with E-state index in [1.54, 1.807) is 18.6 Å². The van der Waals surface area contributed by atoms with Gasteiger partial charge in [0, 0.05) is 12.4 Å². The molecule has 0 aromatic carbocycles. The Morgan fingerprint density at radius 1 is 1.21 bits per heavy atom. The lowest BCUT2D eigenvalue weighted by atomic mass is 9.89. The van der Waals surface area contributed by atoms with Gasteiger partial charge < -0.3 is 4.74 Å². The molecule has 0 unspecified atom stereocenters. The Balaban J connectivity index is 1.87. The van der Waals surface area contributed by atoms with Crippen molar-refractivity contribution in [3.8, 4) is 5.88 Å². The summed E-state index contributed by atoms with van der Waals surface area (Å²) < 4.78 is 5.73. The third kappa shape index (κ3) is 2.44. The minimum absolute atomic E-state index is 0.350. The van der Waals surface area contributed by atoms with Gasteiger partial charge in [-0.2, -0.15) is 0 Å². The fourth-order valence-electron chi connectivity index (χ4n) is 1.86. The van der Waals surface area contributed by atoms with Crippen LogP contribution in [-0.2, 0) is 0 Å². The van der Waals surface area contributed by atoms with Gasteiger partial charge in [0.05, 0.1) is 6.20 Å². The van der Waals surface area contributed by atoms with E-state index in [0.29, 0.717) is 12.0 Å². The van der Waals surface area contributed by atoms with Crippen molar-refractivity contribution >= 4 is 0 Å². The van der Waals surface area contributed by atoms with E-state index in [-0.39, 0.29) is 0 Å². The maximum Gasteiger partial charge on any atom is 0.232 e. The van der Waals surface area contributed by atoms with E-state index in [4.69, 9.17) is 4.74 Å². The van der Waals surface area contributed by atoms with E-state index in [2.05, 4.69) is 16.9 Å². The Labute approximate surface area is 84.5 Å². The van der Waals surface area contributed by atoms with Crippen LogP contribution < -0.4 is 4.74 Å². The molecule has 1 saturated carbocycles. The van der Waals surface area contributed by atoms with Crippen LogP contribution in [0.2, 0.25) is 0 Å². The molecule has 0 aliphatic heterocycles. The lowest BCUT2D eigenvalue weighted by molar-refractivity contribution is 0.129. The lowest BCUT2D eigenvalue weighted by Crippen LogP contribution is -2.23. The Kier molecular flexibility index (Phi) is 2.96. The summed E-state index contributed by atoms with van der Waals surface area (Å²) in [7, 11) is 0. The molecule has 1 fully saturated rings. The summed E-state index contributed by atoms with van der Waals surface area (Å²) in [4.78, 5) is 8.08. The van der Waals surface area contributed by atoms with Crippen molar-refractivity contribution in [3.63, 3.8) is 0 Å². The summed E-state index contributed by atoms with van der Waals surface area (Å²) in [5, 5.41) is 0. The number of hydrogen-bond donors (Lipinski definition) is 0. The average Bonchev–Trinajstić information content (AvgIpc) is 2.23. The predicted molar refractivity (Wildman–Crippen MR) is 54.1 cm³/mol. The van der Waals surface area contributed by atoms with Crippen LogP contribution in [-0.4, -0.2) is 16.1 Å². The van der Waals surface area contributed by atoms with Gasteiger partial charge in [0.1, 0.15) is 6.10 Å². The molecule has 3 heteroatoms. The van der Waals surface area contributed by atoms with Crippen molar-refractivity contribution in [2.45, 2.75) is 38.7 Å². The van der Waals surface area contributed by atoms with E-state index >= 15 is 0 Å². The highest BCUT2D eigenvalue weighted by atomic mass is 16.5. The Morgan fingerprint density at radius 3 is 2.64 bits per heavy atom. The zero-order chi connectivity index (χ0) is 9.80. The zero-order valence-corrected chi connectivity index (χ0v) is 8.52. The van der Waals surface area contributed by atoms with Gasteiger partial charge in [0.15, 0.2) is 0 Å². The van der Waals surface area contributed by atoms with Crippen molar-refractivity contribution in [1.82, 2.24) is 9.97 Å². The summed E-state index contributed by atoms with van der Waals surface area (Å²) in [6, 6.07) is 0. The zero-order valence-electron chi connectivity index (χ0n) is 8.52. The van der Waals surface area contributed by atoms with Gasteiger partial charge in [-0.05, 0) is 31.6 Å². The van der Waals surface area contributed by atoms with Crippen LogP contribution in [0.25, 0.3) is 0 Å². The summed E-state index contributed by atoms with van der Waals surface area (Å²) in [6.07, 6.45) is 10.2. The molecule has 2 rings (SSSR count). The number of rotatable bonds is 2. The first kappa shape index (κ1) is 9.44. The first-order valence-corrected chi connectivity index (χ1v) is 5.27. The van der Waals surface area contributed by atoms with Gasteiger partial charge in [0.25, 0.3) is 0 Å². The smallest absolute Gasteiger partial charge is 0.232 e. The summed E-state index contributed by atoms with van der Waals surface area (Å²) in [6.45, 7) is 2.30. The Hall–Kier alpha value is -1.12. The Morgan fingerprint density at radius 2 is 2.00 bits per heavy atom. The molecule has 0 radical (unpaired) electrons. The van der Waals surface area contributed by atoms with Crippen molar-refractivity contribution in [3.05, 3.63) is 18.6 Å². The van der Waals surface area contributed by atoms with E-state index in [9.17, 15) is 0 Å². The summed E-state index contributed by atoms with van der Waals surface area (Å²) in [5.74, 6) is 1.52. The molecule has 1 aromatic heterocycles. The Bertz CT molecular complexity index is 268. The van der Waals surface area contributed by atoms with E-state index in [1.165, 1.54) is 12.8 Å². The van der Waals surface area contributed by atoms with E-state index in [1.807, 2.05) is 0 Å². The van der Waals surface area contributed by atoms with Gasteiger partial charge in [-0.1, -0.05) is 6.92 Å². The maximum absolute atomic E-state index is 5.73. The molecular weight excluding hydrogens is 176 g/mol. The molecule has 1 heterocycles. The van der Waals surface area contributed by atoms with Crippen LogP contribution in [0.5, 0.6) is 5.88 Å². The highest BCUT2D eigenvalue weighted by Gasteiger charge is 2.19. The summed E-state index contributed by atoms with van der Waals surface area (Å²) in [5.41, 5.74) is 0. The largest absolute Gasteiger partial charge is 0.473 e. The second-order valence-electron chi connectivity index (χ2n) is 4.04. The van der Waals surface area contributed by atoms with E-state index < -0.39 is 0 Å². The standard InChI is InChI=1S/C11H16N2O/c1-9-2-4-10(5-3-9)14-11-8-12-6-7-13-11/h6-10H,2-5H2,1H3. The van der Waals surface area contributed by atoms with Crippen molar-refractivity contribution in [1.29, 1.82) is 0 Å². The normalized spacial score (nSPS) is 27.2. The van der Waals surface area contributed by atoms with Crippen LogP contribution in [0.4, 0.5) is 0 Å². The molecule has 0 N–H and O–H groups in total. The number of hydrogen-bond acceptors (Lipinski definition) is 3. The molecule has 1 aliphatic carbocycles. The molecule has 1 aliphatic rings. The number of aromatic nitrogens is 2. The van der Waals surface area contributed by atoms with Crippen LogP contribution in [0.1, 0.15) is 32.6 Å². The highest BCUT2D eigenvalue weighted by Crippen LogP contribution is 2.25. The molecule has 76 valence electrons. The predicted octanol–water partition coefficient (Wildman–Crippen LogP) is 2.43. The first-order chi connectivity index (χ1) is 6.84. The maximum atomic E-state index is 5.73. The van der Waals surface area contributed by atoms with Gasteiger partial charge in [-0.3, -0.25) is 4.98 Å². The lowest BCUT2D eigenvalue weighted by Gasteiger charge is -2.26. The van der Waals surface area contributed by atoms with Gasteiger partial charge in [-0.25, -0.2) is 4.98 Å². The van der Waals surface area contributed by atoms with Crippen LogP contribution in [0, 0.1) is 5.92 Å². The highest BCUT2D eigenvalue weighted by molar-refractivity contribution is 5.02. The third-order valence-electron chi connectivity index (χ3n) is 2.79.